The maximum absolute atomic E-state index is 13.3. The Morgan fingerprint density at radius 1 is 1.38 bits per heavy atom. The number of rotatable bonds is 3. The Labute approximate surface area is 91.5 Å². The summed E-state index contributed by atoms with van der Waals surface area (Å²) in [6.45, 7) is 2.33. The van der Waals surface area contributed by atoms with E-state index < -0.39 is 11.6 Å². The number of aromatic nitrogens is 2. The molecule has 0 aliphatic heterocycles. The highest BCUT2D eigenvalue weighted by atomic mass is 19.1. The van der Waals surface area contributed by atoms with Crippen molar-refractivity contribution in [3.05, 3.63) is 47.3 Å². The maximum Gasteiger partial charge on any atom is 0.149 e. The molecule has 0 atom stereocenters. The molecular weight excluding hydrogens is 212 g/mol. The van der Waals surface area contributed by atoms with Crippen molar-refractivity contribution in [2.24, 2.45) is 0 Å². The molecule has 0 aliphatic rings. The molecular formula is C11H11F2N3. The largest absolute Gasteiger partial charge is 0.378 e. The van der Waals surface area contributed by atoms with Gasteiger partial charge in [0.1, 0.15) is 11.6 Å². The van der Waals surface area contributed by atoms with Gasteiger partial charge in [-0.1, -0.05) is 0 Å². The second-order valence-corrected chi connectivity index (χ2v) is 3.50. The molecule has 0 unspecified atom stereocenters. The number of benzene rings is 1. The van der Waals surface area contributed by atoms with Crippen molar-refractivity contribution >= 4 is 5.69 Å². The summed E-state index contributed by atoms with van der Waals surface area (Å²) >= 11 is 0. The molecule has 0 amide bonds. The Morgan fingerprint density at radius 2 is 2.19 bits per heavy atom. The Morgan fingerprint density at radius 3 is 2.81 bits per heavy atom. The Bertz CT molecular complexity index is 494. The average molecular weight is 223 g/mol. The summed E-state index contributed by atoms with van der Waals surface area (Å²) in [5.74, 6) is -1.18. The molecule has 84 valence electrons. The lowest BCUT2D eigenvalue weighted by Crippen LogP contribution is -2.02. The number of aryl methyl sites for hydroxylation is 1. The van der Waals surface area contributed by atoms with Gasteiger partial charge in [-0.3, -0.25) is 5.10 Å². The van der Waals surface area contributed by atoms with Gasteiger partial charge < -0.3 is 5.32 Å². The molecule has 1 aromatic heterocycles. The fraction of sp³-hybridized carbons (Fsp3) is 0.182. The van der Waals surface area contributed by atoms with Crippen LogP contribution in [0.5, 0.6) is 0 Å². The number of hydrogen-bond donors (Lipinski definition) is 2. The van der Waals surface area contributed by atoms with E-state index in [2.05, 4.69) is 15.5 Å². The minimum absolute atomic E-state index is 0.280. The van der Waals surface area contributed by atoms with Crippen LogP contribution in [0.4, 0.5) is 14.5 Å². The third-order valence-corrected chi connectivity index (χ3v) is 2.33. The maximum atomic E-state index is 13.3. The summed E-state index contributed by atoms with van der Waals surface area (Å²) in [7, 11) is 0. The lowest BCUT2D eigenvalue weighted by atomic mass is 10.2. The number of hydrogen-bond acceptors (Lipinski definition) is 2. The van der Waals surface area contributed by atoms with Crippen LogP contribution in [0.2, 0.25) is 0 Å². The highest BCUT2D eigenvalue weighted by Crippen LogP contribution is 2.16. The van der Waals surface area contributed by atoms with Crippen molar-refractivity contribution in [2.45, 2.75) is 13.5 Å². The number of aromatic amines is 1. The Kier molecular flexibility index (Phi) is 2.85. The summed E-state index contributed by atoms with van der Waals surface area (Å²) in [6.07, 6.45) is 1.67. The van der Waals surface area contributed by atoms with Gasteiger partial charge in [-0.05, 0) is 19.1 Å². The lowest BCUT2D eigenvalue weighted by Gasteiger charge is -2.06. The van der Waals surface area contributed by atoms with Gasteiger partial charge in [-0.25, -0.2) is 8.78 Å². The highest BCUT2D eigenvalue weighted by Gasteiger charge is 2.04. The fourth-order valence-corrected chi connectivity index (χ4v) is 1.38. The van der Waals surface area contributed by atoms with Crippen LogP contribution >= 0.6 is 0 Å². The molecule has 0 bridgehead atoms. The first-order valence-electron chi connectivity index (χ1n) is 4.84. The first kappa shape index (κ1) is 10.6. The van der Waals surface area contributed by atoms with Crippen LogP contribution in [0.3, 0.4) is 0 Å². The Balaban J connectivity index is 2.08. The molecule has 1 aromatic carbocycles. The van der Waals surface area contributed by atoms with Crippen LogP contribution in [0, 0.1) is 18.6 Å². The molecule has 2 aromatic rings. The first-order valence-corrected chi connectivity index (χ1v) is 4.84. The van der Waals surface area contributed by atoms with Gasteiger partial charge in [0.25, 0.3) is 0 Å². The van der Waals surface area contributed by atoms with Gasteiger partial charge >= 0.3 is 0 Å². The van der Waals surface area contributed by atoms with Crippen LogP contribution in [0.15, 0.2) is 24.4 Å². The lowest BCUT2D eigenvalue weighted by molar-refractivity contribution is 0.585. The van der Waals surface area contributed by atoms with Crippen LogP contribution in [0.1, 0.15) is 11.3 Å². The zero-order chi connectivity index (χ0) is 11.5. The van der Waals surface area contributed by atoms with Crippen molar-refractivity contribution in [3.8, 4) is 0 Å². The number of halogens is 2. The van der Waals surface area contributed by atoms with Gasteiger partial charge in [-0.15, -0.1) is 0 Å². The van der Waals surface area contributed by atoms with E-state index in [4.69, 9.17) is 0 Å². The second kappa shape index (κ2) is 4.30. The molecule has 3 nitrogen and oxygen atoms in total. The predicted molar refractivity (Wildman–Crippen MR) is 57.0 cm³/mol. The SMILES string of the molecule is Cc1[nH]ncc1CNc1ccc(F)cc1F. The van der Waals surface area contributed by atoms with E-state index in [-0.39, 0.29) is 5.69 Å². The van der Waals surface area contributed by atoms with E-state index in [1.54, 1.807) is 6.20 Å². The number of H-pyrrole nitrogens is 1. The quantitative estimate of drug-likeness (QED) is 0.839. The predicted octanol–water partition coefficient (Wildman–Crippen LogP) is 2.61. The molecule has 2 N–H and O–H groups in total. The fourth-order valence-electron chi connectivity index (χ4n) is 1.38. The van der Waals surface area contributed by atoms with Crippen molar-refractivity contribution in [1.82, 2.24) is 10.2 Å². The zero-order valence-corrected chi connectivity index (χ0v) is 8.72. The molecule has 0 saturated heterocycles. The molecule has 2 rings (SSSR count). The number of nitrogens with zero attached hydrogens (tertiary/aromatic N) is 1. The van der Waals surface area contributed by atoms with Crippen molar-refractivity contribution in [1.29, 1.82) is 0 Å². The molecule has 0 spiro atoms. The van der Waals surface area contributed by atoms with E-state index in [1.807, 2.05) is 6.92 Å². The first-order chi connectivity index (χ1) is 7.66. The second-order valence-electron chi connectivity index (χ2n) is 3.50. The monoisotopic (exact) mass is 223 g/mol. The molecule has 16 heavy (non-hydrogen) atoms. The smallest absolute Gasteiger partial charge is 0.149 e. The van der Waals surface area contributed by atoms with Gasteiger partial charge in [0.15, 0.2) is 0 Å². The van der Waals surface area contributed by atoms with Crippen LogP contribution in [-0.4, -0.2) is 10.2 Å². The van der Waals surface area contributed by atoms with Gasteiger partial charge in [-0.2, -0.15) is 5.10 Å². The summed E-state index contributed by atoms with van der Waals surface area (Å²) in [5, 5.41) is 9.52. The standard InChI is InChI=1S/C11H11F2N3/c1-7-8(6-15-16-7)5-14-11-3-2-9(12)4-10(11)13/h2-4,6,14H,5H2,1H3,(H,15,16). The molecule has 5 heteroatoms. The third-order valence-electron chi connectivity index (χ3n) is 2.33. The Hall–Kier alpha value is -1.91. The minimum atomic E-state index is -0.596. The summed E-state index contributed by atoms with van der Waals surface area (Å²) in [6, 6.07) is 3.44. The summed E-state index contributed by atoms with van der Waals surface area (Å²) in [4.78, 5) is 0. The average Bonchev–Trinajstić information content (AvgIpc) is 2.63. The van der Waals surface area contributed by atoms with Gasteiger partial charge in [0.2, 0.25) is 0 Å². The molecule has 1 heterocycles. The summed E-state index contributed by atoms with van der Waals surface area (Å²) in [5.41, 5.74) is 2.15. The van der Waals surface area contributed by atoms with E-state index in [1.165, 1.54) is 12.1 Å². The molecule has 0 fully saturated rings. The van der Waals surface area contributed by atoms with Crippen molar-refractivity contribution < 1.29 is 8.78 Å². The van der Waals surface area contributed by atoms with Crippen molar-refractivity contribution in [2.75, 3.05) is 5.32 Å². The minimum Gasteiger partial charge on any atom is -0.378 e. The van der Waals surface area contributed by atoms with Crippen LogP contribution < -0.4 is 5.32 Å². The van der Waals surface area contributed by atoms with E-state index in [0.29, 0.717) is 6.54 Å². The highest BCUT2D eigenvalue weighted by molar-refractivity contribution is 5.45. The zero-order valence-electron chi connectivity index (χ0n) is 8.72. The number of nitrogens with one attached hydrogen (secondary N) is 2. The summed E-state index contributed by atoms with van der Waals surface area (Å²) < 4.78 is 25.9. The van der Waals surface area contributed by atoms with Gasteiger partial charge in [0.05, 0.1) is 11.9 Å². The van der Waals surface area contributed by atoms with E-state index >= 15 is 0 Å². The van der Waals surface area contributed by atoms with Crippen molar-refractivity contribution in [3.63, 3.8) is 0 Å². The number of anilines is 1. The van der Waals surface area contributed by atoms with Gasteiger partial charge in [0, 0.05) is 23.9 Å². The third kappa shape index (κ3) is 2.18. The van der Waals surface area contributed by atoms with E-state index in [9.17, 15) is 8.78 Å². The van der Waals surface area contributed by atoms with E-state index in [0.717, 1.165) is 17.3 Å². The molecule has 0 aliphatic carbocycles. The van der Waals surface area contributed by atoms with Crippen LogP contribution in [0.25, 0.3) is 0 Å². The van der Waals surface area contributed by atoms with Crippen LogP contribution in [-0.2, 0) is 6.54 Å². The molecule has 0 radical (unpaired) electrons. The normalized spacial score (nSPS) is 10.4. The molecule has 0 saturated carbocycles. The topological polar surface area (TPSA) is 40.7 Å².